The lowest BCUT2D eigenvalue weighted by atomic mass is 9.57. The van der Waals surface area contributed by atoms with Gasteiger partial charge in [-0.25, -0.2) is 0 Å². The molecule has 0 saturated heterocycles. The highest BCUT2D eigenvalue weighted by atomic mass is 15.0. The summed E-state index contributed by atoms with van der Waals surface area (Å²) in [7, 11) is 93.4. The van der Waals surface area contributed by atoms with Gasteiger partial charge in [-0.2, -0.15) is 0 Å². The van der Waals surface area contributed by atoms with E-state index in [0.29, 0.717) is 27.8 Å². The Bertz CT molecular complexity index is 3550. The maximum absolute atomic E-state index is 7.13. The van der Waals surface area contributed by atoms with Crippen LogP contribution < -0.4 is 76.5 Å². The lowest BCUT2D eigenvalue weighted by Crippen LogP contribution is -2.53. The third-order valence-electron chi connectivity index (χ3n) is 12.0. The Morgan fingerprint density at radius 2 is 0.817 bits per heavy atom. The van der Waals surface area contributed by atoms with Crippen molar-refractivity contribution in [3.8, 4) is 22.5 Å². The molecule has 16 heteroatoms. The van der Waals surface area contributed by atoms with E-state index in [0.717, 1.165) is 54.4 Å². The number of rotatable bonds is 3. The molecule has 0 bridgehead atoms. The number of nitrogens with zero attached hydrogens (tertiary/aromatic N) is 2. The molecule has 2 heterocycles. The quantitative estimate of drug-likeness (QED) is 0.162. The van der Waals surface area contributed by atoms with Gasteiger partial charge in [-0.15, -0.1) is 16.4 Å². The van der Waals surface area contributed by atoms with E-state index in [-0.39, 0.29) is 82.0 Å². The molecule has 0 N–H and O–H groups in total. The topological polar surface area (TPSA) is 9.86 Å². The first kappa shape index (κ1) is 39.0. The van der Waals surface area contributed by atoms with Gasteiger partial charge in [0, 0.05) is 32.9 Å². The molecule has 28 radical (unpaired) electrons. The van der Waals surface area contributed by atoms with Crippen molar-refractivity contribution in [3.63, 3.8) is 0 Å². The number of para-hydroxylation sites is 1. The van der Waals surface area contributed by atoms with Gasteiger partial charge in [0.05, 0.1) is 22.1 Å². The smallest absolute Gasteiger partial charge is 0.116 e. The highest BCUT2D eigenvalue weighted by molar-refractivity contribution is 6.73. The lowest BCUT2D eigenvalue weighted by Gasteiger charge is -2.30. The minimum atomic E-state index is 0.00440. The van der Waals surface area contributed by atoms with Gasteiger partial charge in [0.2, 0.25) is 0 Å². The lowest BCUT2D eigenvalue weighted by molar-refractivity contribution is 1.19. The van der Waals surface area contributed by atoms with Crippen LogP contribution in [0.4, 0.5) is 0 Å². The molecule has 0 spiro atoms. The summed E-state index contributed by atoms with van der Waals surface area (Å²) in [6.45, 7) is 0. The number of benzene rings is 8. The van der Waals surface area contributed by atoms with Crippen molar-refractivity contribution in [1.82, 2.24) is 9.13 Å². The van der Waals surface area contributed by atoms with Gasteiger partial charge in [0.25, 0.3) is 0 Å². The van der Waals surface area contributed by atoms with Crippen LogP contribution in [0, 0.1) is 0 Å². The monoisotopic (exact) mass is 724 g/mol. The molecule has 0 atom stereocenters. The van der Waals surface area contributed by atoms with Crippen molar-refractivity contribution in [2.45, 2.75) is 0 Å². The van der Waals surface area contributed by atoms with E-state index in [1.165, 1.54) is 0 Å². The van der Waals surface area contributed by atoms with Crippen LogP contribution in [0.1, 0.15) is 0 Å². The third-order valence-corrected chi connectivity index (χ3v) is 12.0. The SMILES string of the molecule is [B]c1cc([B])c(-n2c3cc4c(cc3c3c5ccccc5ccc32)c2ccccc2n4-c2c([B])c([B])c(-c3c([B])c([B])c([B])c4c([B])c([B])c([B])c([B])c34)c([B])c2[B])c([B])c1. The summed E-state index contributed by atoms with van der Waals surface area (Å²) in [5.41, 5.74) is 6.26. The molecule has 10 rings (SSSR count). The van der Waals surface area contributed by atoms with Crippen LogP contribution in [-0.2, 0) is 0 Å². The van der Waals surface area contributed by atoms with Gasteiger partial charge in [-0.3, -0.25) is 0 Å². The van der Waals surface area contributed by atoms with E-state index in [9.17, 15) is 0 Å². The van der Waals surface area contributed by atoms with E-state index in [2.05, 4.69) is 41.0 Å². The maximum atomic E-state index is 7.13. The molecule has 0 fully saturated rings. The summed E-state index contributed by atoms with van der Waals surface area (Å²) in [5, 5.41) is 6.41. The Morgan fingerprint density at radius 1 is 0.300 bits per heavy atom. The molecule has 0 saturated carbocycles. The number of aromatic nitrogens is 2. The molecule has 60 heavy (non-hydrogen) atoms. The fourth-order valence-corrected chi connectivity index (χ4v) is 9.19. The van der Waals surface area contributed by atoms with Crippen LogP contribution in [0.2, 0.25) is 0 Å². The summed E-state index contributed by atoms with van der Waals surface area (Å²) in [6.07, 6.45) is 0. The van der Waals surface area contributed by atoms with Crippen LogP contribution in [-0.4, -0.2) is 119 Å². The van der Waals surface area contributed by atoms with E-state index in [1.807, 2.05) is 41.0 Å². The summed E-state index contributed by atoms with van der Waals surface area (Å²) in [6, 6.07) is 27.9. The molecule has 2 aromatic heterocycles. The van der Waals surface area contributed by atoms with Gasteiger partial charge >= 0.3 is 0 Å². The fourth-order valence-electron chi connectivity index (χ4n) is 9.19. The third kappa shape index (κ3) is 5.15. The molecule has 0 aliphatic heterocycles. The zero-order chi connectivity index (χ0) is 42.4. The molecular formula is C44H14B14N2. The van der Waals surface area contributed by atoms with Crippen LogP contribution >= 0.6 is 0 Å². The molecule has 10 aromatic rings. The Labute approximate surface area is 366 Å². The molecule has 2 nitrogen and oxygen atoms in total. The van der Waals surface area contributed by atoms with Crippen molar-refractivity contribution in [2.24, 2.45) is 0 Å². The summed E-state index contributed by atoms with van der Waals surface area (Å²) < 4.78 is 4.01. The summed E-state index contributed by atoms with van der Waals surface area (Å²) in [5.74, 6) is 0. The van der Waals surface area contributed by atoms with Crippen LogP contribution in [0.5, 0.6) is 0 Å². The van der Waals surface area contributed by atoms with Crippen molar-refractivity contribution in [2.75, 3.05) is 0 Å². The molecular weight excluding hydrogens is 708 g/mol. The average Bonchev–Trinajstić information content (AvgIpc) is 3.72. The highest BCUT2D eigenvalue weighted by Gasteiger charge is 2.26. The van der Waals surface area contributed by atoms with Crippen molar-refractivity contribution in [1.29, 1.82) is 0 Å². The van der Waals surface area contributed by atoms with Crippen molar-refractivity contribution < 1.29 is 0 Å². The normalized spacial score (nSPS) is 11.9. The second-order valence-electron chi connectivity index (χ2n) is 15.2. The summed E-state index contributed by atoms with van der Waals surface area (Å²) in [4.78, 5) is 0. The predicted molar refractivity (Wildman–Crippen MR) is 271 cm³/mol. The van der Waals surface area contributed by atoms with Gasteiger partial charge in [0.15, 0.2) is 0 Å². The van der Waals surface area contributed by atoms with Gasteiger partial charge < -0.3 is 9.13 Å². The molecule has 8 aromatic carbocycles. The summed E-state index contributed by atoms with van der Waals surface area (Å²) >= 11 is 0. The Morgan fingerprint density at radius 3 is 1.47 bits per heavy atom. The zero-order valence-electron chi connectivity index (χ0n) is 32.1. The number of hydrogen-bond acceptors (Lipinski definition) is 0. The Balaban J connectivity index is 1.36. The fraction of sp³-hybridized carbons (Fsp3) is 0. The second kappa shape index (κ2) is 13.7. The standard InChI is InChI=1S/C44H14B14N2/c45-16-11-21(46)43(22(47)12-16)60-24-10-9-15-5-1-2-6-17(15)27(24)20-13-19-18-7-3-4-8-23(18)59(25(19)14-26(20)60)44-41(57)36(52)31(37(53)42(44)58)29-28-30(34(50)38(54)32(29)48)35(51)40(56)39(55)33(28)49/h1-14H. The first-order valence-corrected chi connectivity index (χ1v) is 18.8. The van der Waals surface area contributed by atoms with E-state index in [4.69, 9.17) is 110 Å². The molecule has 0 amide bonds. The predicted octanol–water partition coefficient (Wildman–Crippen LogP) is -5.03. The molecule has 0 aliphatic carbocycles. The first-order chi connectivity index (χ1) is 28.6. The van der Waals surface area contributed by atoms with Crippen molar-refractivity contribution in [3.05, 3.63) is 84.9 Å². The Hall–Kier alpha value is -5.21. The van der Waals surface area contributed by atoms with E-state index < -0.39 is 0 Å². The number of fused-ring (bicyclic) bond motifs is 9. The van der Waals surface area contributed by atoms with E-state index in [1.54, 1.807) is 12.1 Å². The maximum Gasteiger partial charge on any atom is 0.116 e. The second-order valence-corrected chi connectivity index (χ2v) is 15.2. The molecule has 0 unspecified atom stereocenters. The van der Waals surface area contributed by atoms with Crippen molar-refractivity contribution >= 4 is 251 Å². The minimum absolute atomic E-state index is 0.00440. The highest BCUT2D eigenvalue weighted by Crippen LogP contribution is 2.41. The van der Waals surface area contributed by atoms with Crippen LogP contribution in [0.3, 0.4) is 0 Å². The van der Waals surface area contributed by atoms with Crippen LogP contribution in [0.25, 0.3) is 87.7 Å². The average molecular weight is 722 g/mol. The first-order valence-electron chi connectivity index (χ1n) is 18.8. The van der Waals surface area contributed by atoms with Gasteiger partial charge in [-0.1, -0.05) is 121 Å². The Kier molecular flexibility index (Phi) is 8.86. The number of hydrogen-bond donors (Lipinski definition) is 0. The van der Waals surface area contributed by atoms with Gasteiger partial charge in [0.1, 0.15) is 110 Å². The van der Waals surface area contributed by atoms with E-state index >= 15 is 0 Å². The van der Waals surface area contributed by atoms with Gasteiger partial charge in [-0.05, 0) is 56.9 Å². The zero-order valence-corrected chi connectivity index (χ0v) is 32.1. The van der Waals surface area contributed by atoms with Crippen LogP contribution in [0.15, 0.2) is 84.9 Å². The largest absolute Gasteiger partial charge is 0.310 e. The molecule has 0 aliphatic rings. The minimum Gasteiger partial charge on any atom is -0.310 e. The molecule has 242 valence electrons.